The maximum atomic E-state index is 10.5. The topological polar surface area (TPSA) is 29.1 Å². The Morgan fingerprint density at radius 2 is 2.22 bits per heavy atom. The lowest BCUT2D eigenvalue weighted by Gasteiger charge is -2.00. The van der Waals surface area contributed by atoms with Gasteiger partial charge in [0.1, 0.15) is 0 Å². The van der Waals surface area contributed by atoms with E-state index in [1.54, 1.807) is 0 Å². The van der Waals surface area contributed by atoms with Crippen molar-refractivity contribution in [3.63, 3.8) is 0 Å². The number of hydrogen-bond acceptors (Lipinski definition) is 3. The minimum absolute atomic E-state index is 0.772. The van der Waals surface area contributed by atoms with Crippen molar-refractivity contribution in [2.75, 3.05) is 6.54 Å². The first-order valence-electron chi connectivity index (χ1n) is 2.47. The van der Waals surface area contributed by atoms with Gasteiger partial charge in [-0.05, 0) is 28.9 Å². The summed E-state index contributed by atoms with van der Waals surface area (Å²) in [6.45, 7) is 2.77. The fourth-order valence-corrected chi connectivity index (χ4v) is 2.27. The minimum Gasteiger partial charge on any atom is -0.276 e. The van der Waals surface area contributed by atoms with Crippen LogP contribution in [0.25, 0.3) is 0 Å². The van der Waals surface area contributed by atoms with E-state index >= 15 is 0 Å². The van der Waals surface area contributed by atoms with Crippen LogP contribution < -0.4 is 4.72 Å². The van der Waals surface area contributed by atoms with Gasteiger partial charge in [0, 0.05) is 18.1 Å². The molecule has 0 aliphatic carbocycles. The molecule has 0 spiro atoms. The van der Waals surface area contributed by atoms with Crippen LogP contribution in [0.2, 0.25) is 0 Å². The van der Waals surface area contributed by atoms with Gasteiger partial charge in [-0.25, -0.2) is 0 Å². The van der Waals surface area contributed by atoms with E-state index in [-0.39, 0.29) is 0 Å². The van der Waals surface area contributed by atoms with Crippen LogP contribution in [0, 0.1) is 0 Å². The van der Waals surface area contributed by atoms with Gasteiger partial charge in [-0.3, -0.25) is 9.29 Å². The maximum Gasteiger partial charge on any atom is 0.321 e. The molecule has 0 aromatic carbocycles. The lowest BCUT2D eigenvalue weighted by molar-refractivity contribution is 0.600. The van der Waals surface area contributed by atoms with Crippen molar-refractivity contribution in [3.05, 3.63) is 0 Å². The Kier molecular flexibility index (Phi) is 5.47. The van der Waals surface area contributed by atoms with Crippen LogP contribution in [0.1, 0.15) is 13.3 Å². The average molecular weight is 208 g/mol. The number of halogens is 2. The Hall–Kier alpha value is 1.12. The molecule has 0 saturated carbocycles. The molecule has 0 radical (unpaired) electrons. The van der Waals surface area contributed by atoms with Gasteiger partial charge in [-0.2, -0.15) is 0 Å². The summed E-state index contributed by atoms with van der Waals surface area (Å²) in [4.78, 5) is 0. The summed E-state index contributed by atoms with van der Waals surface area (Å²) in [5.74, 6) is 0. The van der Waals surface area contributed by atoms with Crippen LogP contribution in [0.5, 0.6) is 0 Å². The highest BCUT2D eigenvalue weighted by atomic mass is 35.9. The molecular weight excluding hydrogens is 200 g/mol. The van der Waals surface area contributed by atoms with Gasteiger partial charge in [0.05, 0.1) is 0 Å². The highest BCUT2D eigenvalue weighted by Gasteiger charge is 2.12. The summed E-state index contributed by atoms with van der Waals surface area (Å²) in [6, 6.07) is 0. The summed E-state index contributed by atoms with van der Waals surface area (Å²) in [6.07, 6.45) is 0.973. The molecule has 56 valence electrons. The lowest BCUT2D eigenvalue weighted by Crippen LogP contribution is -2.01. The maximum absolute atomic E-state index is 10.5. The zero-order chi connectivity index (χ0) is 7.33. The molecule has 1 N–H and O–H groups in total. The molecule has 0 aliphatic rings. The third-order valence-corrected chi connectivity index (χ3v) is 3.34. The Balaban J connectivity index is 3.18. The Morgan fingerprint density at radius 1 is 1.67 bits per heavy atom. The van der Waals surface area contributed by atoms with Crippen LogP contribution in [0.4, 0.5) is 0 Å². The van der Waals surface area contributed by atoms with Crippen molar-refractivity contribution in [1.29, 1.82) is 0 Å². The molecule has 0 unspecified atom stereocenters. The second-order valence-electron chi connectivity index (χ2n) is 1.40. The first-order chi connectivity index (χ1) is 4.06. The molecule has 0 atom stereocenters. The monoisotopic (exact) mass is 207 g/mol. The molecule has 0 saturated heterocycles. The Labute approximate surface area is 68.5 Å². The summed E-state index contributed by atoms with van der Waals surface area (Å²) in [5, 5.41) is -2.95. The molecule has 0 rings (SSSR count). The fraction of sp³-hybridized carbons (Fsp3) is 1.00. The first kappa shape index (κ1) is 10.1. The van der Waals surface area contributed by atoms with Gasteiger partial charge in [0.2, 0.25) is 0 Å². The van der Waals surface area contributed by atoms with Gasteiger partial charge in [-0.15, -0.1) is 0 Å². The summed E-state index contributed by atoms with van der Waals surface area (Å²) in [5.41, 5.74) is 0. The van der Waals surface area contributed by atoms with Crippen molar-refractivity contribution >= 4 is 39.1 Å². The lowest BCUT2D eigenvalue weighted by atomic mass is 10.5. The van der Waals surface area contributed by atoms with Gasteiger partial charge in [0.15, 0.2) is 0 Å². The van der Waals surface area contributed by atoms with Crippen molar-refractivity contribution in [3.8, 4) is 0 Å². The molecule has 0 fully saturated rings. The zero-order valence-electron chi connectivity index (χ0n) is 4.93. The van der Waals surface area contributed by atoms with Crippen LogP contribution in [0.15, 0.2) is 0 Å². The van der Waals surface area contributed by atoms with Crippen LogP contribution in [0.3, 0.4) is 0 Å². The summed E-state index contributed by atoms with van der Waals surface area (Å²) >= 11 is 11.3. The van der Waals surface area contributed by atoms with E-state index in [0.29, 0.717) is 0 Å². The second kappa shape index (κ2) is 4.86. The van der Waals surface area contributed by atoms with Gasteiger partial charge in [0.25, 0.3) is 0 Å². The summed E-state index contributed by atoms with van der Waals surface area (Å²) < 4.78 is 13.3. The standard InChI is InChI=1S/C3H8Cl2NOPS/c1-2-3-6-9-8(4,5)7/h6H,2-3H2,1H3. The molecule has 9 heavy (non-hydrogen) atoms. The van der Waals surface area contributed by atoms with Gasteiger partial charge < -0.3 is 0 Å². The van der Waals surface area contributed by atoms with Gasteiger partial charge in [-0.1, -0.05) is 6.92 Å². The Morgan fingerprint density at radius 3 is 2.56 bits per heavy atom. The number of nitrogens with one attached hydrogen (secondary N) is 1. The average Bonchev–Trinajstić information content (AvgIpc) is 1.63. The number of rotatable bonds is 4. The van der Waals surface area contributed by atoms with E-state index in [0.717, 1.165) is 24.5 Å². The molecule has 0 heterocycles. The molecular formula is C3H8Cl2NOPS. The fourth-order valence-electron chi connectivity index (χ4n) is 0.223. The number of hydrogen-bond donors (Lipinski definition) is 1. The van der Waals surface area contributed by atoms with E-state index < -0.39 is 5.05 Å². The third-order valence-electron chi connectivity index (χ3n) is 0.523. The van der Waals surface area contributed by atoms with Crippen molar-refractivity contribution in [2.24, 2.45) is 0 Å². The van der Waals surface area contributed by atoms with Crippen molar-refractivity contribution in [2.45, 2.75) is 13.3 Å². The van der Waals surface area contributed by atoms with Crippen molar-refractivity contribution < 1.29 is 4.57 Å². The highest BCUT2D eigenvalue weighted by molar-refractivity contribution is 8.72. The van der Waals surface area contributed by atoms with E-state index in [1.807, 2.05) is 6.92 Å². The van der Waals surface area contributed by atoms with E-state index in [2.05, 4.69) is 4.72 Å². The van der Waals surface area contributed by atoms with Crippen molar-refractivity contribution in [1.82, 2.24) is 4.72 Å². The minimum atomic E-state index is -2.95. The second-order valence-corrected chi connectivity index (χ2v) is 9.37. The predicted octanol–water partition coefficient (Wildman–Crippen LogP) is 3.22. The molecule has 6 heteroatoms. The molecule has 0 aromatic heterocycles. The third kappa shape index (κ3) is 9.12. The van der Waals surface area contributed by atoms with Crippen LogP contribution >= 0.6 is 39.1 Å². The molecule has 0 bridgehead atoms. The Bertz CT molecular complexity index is 116. The van der Waals surface area contributed by atoms with Crippen LogP contribution in [-0.4, -0.2) is 6.54 Å². The normalized spacial score (nSPS) is 11.9. The predicted molar refractivity (Wildman–Crippen MR) is 45.2 cm³/mol. The molecule has 0 amide bonds. The highest BCUT2D eigenvalue weighted by Crippen LogP contribution is 2.66. The largest absolute Gasteiger partial charge is 0.321 e. The molecule has 0 aromatic rings. The van der Waals surface area contributed by atoms with E-state index in [1.165, 1.54) is 0 Å². The summed E-state index contributed by atoms with van der Waals surface area (Å²) in [7, 11) is 0. The van der Waals surface area contributed by atoms with Crippen LogP contribution in [-0.2, 0) is 4.57 Å². The molecule has 0 aliphatic heterocycles. The first-order valence-corrected chi connectivity index (χ1v) is 7.41. The molecule has 2 nitrogen and oxygen atoms in total. The SMILES string of the molecule is CCCNSP(=O)(Cl)Cl. The quantitative estimate of drug-likeness (QED) is 0.436. The smallest absolute Gasteiger partial charge is 0.276 e. The van der Waals surface area contributed by atoms with E-state index in [4.69, 9.17) is 22.5 Å². The van der Waals surface area contributed by atoms with Gasteiger partial charge >= 0.3 is 5.05 Å². The zero-order valence-corrected chi connectivity index (χ0v) is 8.16. The van der Waals surface area contributed by atoms with E-state index in [9.17, 15) is 4.57 Å².